The highest BCUT2D eigenvalue weighted by molar-refractivity contribution is 7.92. The van der Waals surface area contributed by atoms with Crippen LogP contribution >= 0.6 is 0 Å². The van der Waals surface area contributed by atoms with Gasteiger partial charge in [0.25, 0.3) is 10.0 Å². The van der Waals surface area contributed by atoms with Crippen molar-refractivity contribution in [2.45, 2.75) is 31.1 Å². The lowest BCUT2D eigenvalue weighted by molar-refractivity contribution is -0.119. The summed E-state index contributed by atoms with van der Waals surface area (Å²) < 4.78 is 38.9. The number of methoxy groups -OCH3 is 2. The number of nitrogens with zero attached hydrogens (tertiary/aromatic N) is 1. The van der Waals surface area contributed by atoms with Crippen molar-refractivity contribution in [1.29, 1.82) is 0 Å². The van der Waals surface area contributed by atoms with Gasteiger partial charge in [0, 0.05) is 19.0 Å². The lowest BCUT2D eigenvalue weighted by Crippen LogP contribution is -2.35. The quantitative estimate of drug-likeness (QED) is 0.798. The third kappa shape index (κ3) is 4.06. The molecule has 0 spiro atoms. The first-order valence-corrected chi connectivity index (χ1v) is 10.5. The second-order valence-electron chi connectivity index (χ2n) is 6.65. The fourth-order valence-electron chi connectivity index (χ4n) is 3.23. The van der Waals surface area contributed by atoms with Gasteiger partial charge in [-0.15, -0.1) is 0 Å². The number of piperidine rings is 1. The summed E-state index contributed by atoms with van der Waals surface area (Å²) in [7, 11) is -0.940. The number of hydrogen-bond donors (Lipinski definition) is 1. The standard InChI is InChI=1S/C20H24N2O5S/c1-14-7-10-17(26-2)19(12-14)28(24,25)21-15-8-9-16(18(13-15)27-3)22-11-5-4-6-20(22)23/h7-10,12-13,21H,4-6,11H2,1-3H3. The van der Waals surface area contributed by atoms with E-state index in [9.17, 15) is 13.2 Å². The van der Waals surface area contributed by atoms with E-state index < -0.39 is 10.0 Å². The zero-order chi connectivity index (χ0) is 20.3. The topological polar surface area (TPSA) is 84.9 Å². The van der Waals surface area contributed by atoms with E-state index in [4.69, 9.17) is 9.47 Å². The molecule has 1 aliphatic heterocycles. The maximum atomic E-state index is 12.9. The minimum Gasteiger partial charge on any atom is -0.495 e. The highest BCUT2D eigenvalue weighted by Gasteiger charge is 2.24. The molecule has 1 fully saturated rings. The normalized spacial score (nSPS) is 14.7. The summed E-state index contributed by atoms with van der Waals surface area (Å²) in [4.78, 5) is 14.0. The number of nitrogens with one attached hydrogen (secondary N) is 1. The summed E-state index contributed by atoms with van der Waals surface area (Å²) in [5.74, 6) is 0.745. The van der Waals surface area contributed by atoms with E-state index in [2.05, 4.69) is 4.72 Å². The van der Waals surface area contributed by atoms with Crippen molar-refractivity contribution in [1.82, 2.24) is 0 Å². The summed E-state index contributed by atoms with van der Waals surface area (Å²) in [6.45, 7) is 2.44. The highest BCUT2D eigenvalue weighted by Crippen LogP contribution is 2.35. The van der Waals surface area contributed by atoms with Gasteiger partial charge in [-0.3, -0.25) is 9.52 Å². The van der Waals surface area contributed by atoms with E-state index in [-0.39, 0.29) is 16.6 Å². The Labute approximate surface area is 165 Å². The van der Waals surface area contributed by atoms with Gasteiger partial charge in [-0.25, -0.2) is 8.42 Å². The van der Waals surface area contributed by atoms with Gasteiger partial charge < -0.3 is 14.4 Å². The average molecular weight is 404 g/mol. The Morgan fingerprint density at radius 2 is 1.75 bits per heavy atom. The van der Waals surface area contributed by atoms with E-state index in [1.54, 1.807) is 41.3 Å². The molecule has 1 aliphatic rings. The Bertz CT molecular complexity index is 988. The first-order valence-electron chi connectivity index (χ1n) is 9.01. The zero-order valence-electron chi connectivity index (χ0n) is 16.2. The van der Waals surface area contributed by atoms with Crippen LogP contribution in [-0.4, -0.2) is 35.1 Å². The van der Waals surface area contributed by atoms with Crippen LogP contribution in [0.3, 0.4) is 0 Å². The molecule has 0 bridgehead atoms. The fourth-order valence-corrected chi connectivity index (χ4v) is 4.53. The van der Waals surface area contributed by atoms with Gasteiger partial charge in [0.05, 0.1) is 25.6 Å². The second kappa shape index (κ2) is 8.10. The Morgan fingerprint density at radius 1 is 1.00 bits per heavy atom. The first kappa shape index (κ1) is 20.0. The Hall–Kier alpha value is -2.74. The SMILES string of the molecule is COc1cc(NS(=O)(=O)c2cc(C)ccc2OC)ccc1N1CCCCC1=O. The molecule has 0 radical (unpaired) electrons. The van der Waals surface area contributed by atoms with E-state index in [1.165, 1.54) is 14.2 Å². The van der Waals surface area contributed by atoms with Gasteiger partial charge in [-0.2, -0.15) is 0 Å². The molecule has 1 heterocycles. The van der Waals surface area contributed by atoms with Crippen LogP contribution in [0.15, 0.2) is 41.3 Å². The molecule has 1 N–H and O–H groups in total. The van der Waals surface area contributed by atoms with Crippen molar-refractivity contribution >= 4 is 27.3 Å². The molecular formula is C20H24N2O5S. The monoisotopic (exact) mass is 404 g/mol. The van der Waals surface area contributed by atoms with E-state index in [0.717, 1.165) is 18.4 Å². The third-order valence-electron chi connectivity index (χ3n) is 4.65. The lowest BCUT2D eigenvalue weighted by atomic mass is 10.1. The Balaban J connectivity index is 1.92. The summed E-state index contributed by atoms with van der Waals surface area (Å²) in [5, 5.41) is 0. The molecule has 0 aromatic heterocycles. The van der Waals surface area contributed by atoms with Crippen LogP contribution < -0.4 is 19.1 Å². The van der Waals surface area contributed by atoms with Crippen LogP contribution in [0.2, 0.25) is 0 Å². The lowest BCUT2D eigenvalue weighted by Gasteiger charge is -2.28. The number of carbonyl (C=O) groups is 1. The van der Waals surface area contributed by atoms with Gasteiger partial charge in [0.2, 0.25) is 5.91 Å². The molecule has 3 rings (SSSR count). The largest absolute Gasteiger partial charge is 0.495 e. The number of benzene rings is 2. The van der Waals surface area contributed by atoms with Crippen LogP contribution in [0, 0.1) is 6.92 Å². The molecule has 28 heavy (non-hydrogen) atoms. The molecule has 0 unspecified atom stereocenters. The van der Waals surface area contributed by atoms with Gasteiger partial charge in [0.1, 0.15) is 16.4 Å². The minimum absolute atomic E-state index is 0.0439. The maximum absolute atomic E-state index is 12.9. The molecule has 7 nitrogen and oxygen atoms in total. The number of ether oxygens (including phenoxy) is 2. The van der Waals surface area contributed by atoms with Crippen molar-refractivity contribution in [3.63, 3.8) is 0 Å². The van der Waals surface area contributed by atoms with Gasteiger partial charge in [0.15, 0.2) is 0 Å². The van der Waals surface area contributed by atoms with Gasteiger partial charge >= 0.3 is 0 Å². The van der Waals surface area contributed by atoms with Crippen LogP contribution in [0.5, 0.6) is 11.5 Å². The molecule has 1 amide bonds. The van der Waals surface area contributed by atoms with Crippen molar-refractivity contribution in [3.8, 4) is 11.5 Å². The third-order valence-corrected chi connectivity index (χ3v) is 6.06. The maximum Gasteiger partial charge on any atom is 0.265 e. The first-order chi connectivity index (χ1) is 13.4. The van der Waals surface area contributed by atoms with Crippen molar-refractivity contribution in [2.24, 2.45) is 0 Å². The molecule has 1 saturated heterocycles. The van der Waals surface area contributed by atoms with E-state index >= 15 is 0 Å². The molecule has 2 aromatic carbocycles. The molecule has 150 valence electrons. The number of amides is 1. The number of aryl methyl sites for hydroxylation is 1. The predicted molar refractivity (Wildman–Crippen MR) is 108 cm³/mol. The minimum atomic E-state index is -3.86. The summed E-state index contributed by atoms with van der Waals surface area (Å²) in [5.41, 5.74) is 1.79. The van der Waals surface area contributed by atoms with E-state index in [0.29, 0.717) is 30.1 Å². The van der Waals surface area contributed by atoms with E-state index in [1.807, 2.05) is 6.92 Å². The molecule has 0 saturated carbocycles. The van der Waals surface area contributed by atoms with Gasteiger partial charge in [-0.05, 0) is 49.6 Å². The molecule has 8 heteroatoms. The Morgan fingerprint density at radius 3 is 2.43 bits per heavy atom. The number of carbonyl (C=O) groups excluding carboxylic acids is 1. The summed E-state index contributed by atoms with van der Waals surface area (Å²) in [6, 6.07) is 9.87. The molecular weight excluding hydrogens is 380 g/mol. The van der Waals surface area contributed by atoms with Crippen molar-refractivity contribution in [3.05, 3.63) is 42.0 Å². The van der Waals surface area contributed by atoms with Crippen molar-refractivity contribution in [2.75, 3.05) is 30.4 Å². The molecule has 0 atom stereocenters. The predicted octanol–water partition coefficient (Wildman–Crippen LogP) is 3.33. The second-order valence-corrected chi connectivity index (χ2v) is 8.30. The average Bonchev–Trinajstić information content (AvgIpc) is 2.68. The number of anilines is 2. The summed E-state index contributed by atoms with van der Waals surface area (Å²) >= 11 is 0. The van der Waals surface area contributed by atoms with Crippen LogP contribution in [-0.2, 0) is 14.8 Å². The van der Waals surface area contributed by atoms with Gasteiger partial charge in [-0.1, -0.05) is 6.07 Å². The fraction of sp³-hybridized carbons (Fsp3) is 0.350. The van der Waals surface area contributed by atoms with Crippen LogP contribution in [0.25, 0.3) is 0 Å². The number of hydrogen-bond acceptors (Lipinski definition) is 5. The van der Waals surface area contributed by atoms with Crippen molar-refractivity contribution < 1.29 is 22.7 Å². The molecule has 0 aliphatic carbocycles. The zero-order valence-corrected chi connectivity index (χ0v) is 17.0. The van der Waals surface area contributed by atoms with Crippen LogP contribution in [0.1, 0.15) is 24.8 Å². The number of rotatable bonds is 6. The molecule has 2 aromatic rings. The smallest absolute Gasteiger partial charge is 0.265 e. The highest BCUT2D eigenvalue weighted by atomic mass is 32.2. The van der Waals surface area contributed by atoms with Crippen LogP contribution in [0.4, 0.5) is 11.4 Å². The Kier molecular flexibility index (Phi) is 5.79. The summed E-state index contributed by atoms with van der Waals surface area (Å²) in [6.07, 6.45) is 2.31. The number of sulfonamides is 1.